The number of carboxylic acids is 3. The zero-order valence-corrected chi connectivity index (χ0v) is 12.2. The summed E-state index contributed by atoms with van der Waals surface area (Å²) in [5.41, 5.74) is -0.308. The number of carbonyl (C=O) groups excluding carboxylic acids is 1. The SMILES string of the molecule is O=C(O)CC[C@H](NC(=O)N[C@H](C(=O)O)c1ccccc1F)C(=O)O. The average Bonchev–Trinajstić information content (AvgIpc) is 2.49. The van der Waals surface area contributed by atoms with Gasteiger partial charge in [-0.05, 0) is 12.5 Å². The van der Waals surface area contributed by atoms with Gasteiger partial charge < -0.3 is 26.0 Å². The van der Waals surface area contributed by atoms with Crippen molar-refractivity contribution in [1.29, 1.82) is 0 Å². The summed E-state index contributed by atoms with van der Waals surface area (Å²) >= 11 is 0. The fraction of sp³-hybridized carbons (Fsp3) is 0.286. The maximum atomic E-state index is 13.7. The van der Waals surface area contributed by atoms with Crippen molar-refractivity contribution in [3.8, 4) is 0 Å². The molecule has 0 aromatic heterocycles. The van der Waals surface area contributed by atoms with E-state index in [4.69, 9.17) is 15.3 Å². The Hall–Kier alpha value is -3.17. The third-order valence-corrected chi connectivity index (χ3v) is 2.99. The van der Waals surface area contributed by atoms with Crippen molar-refractivity contribution in [2.45, 2.75) is 24.9 Å². The van der Waals surface area contributed by atoms with Crippen LogP contribution in [0, 0.1) is 5.82 Å². The van der Waals surface area contributed by atoms with Crippen LogP contribution in [0.15, 0.2) is 24.3 Å². The number of amides is 2. The fourth-order valence-corrected chi connectivity index (χ4v) is 1.84. The normalized spacial score (nSPS) is 12.7. The molecule has 10 heteroatoms. The number of carbonyl (C=O) groups is 4. The maximum Gasteiger partial charge on any atom is 0.331 e. The van der Waals surface area contributed by atoms with E-state index in [1.807, 2.05) is 10.6 Å². The molecule has 0 saturated heterocycles. The van der Waals surface area contributed by atoms with E-state index in [9.17, 15) is 23.6 Å². The lowest BCUT2D eigenvalue weighted by Gasteiger charge is -2.18. The highest BCUT2D eigenvalue weighted by atomic mass is 19.1. The molecule has 0 aliphatic rings. The minimum absolute atomic E-state index is 0.308. The Labute approximate surface area is 135 Å². The smallest absolute Gasteiger partial charge is 0.331 e. The maximum absolute atomic E-state index is 13.7. The molecule has 2 atom stereocenters. The van der Waals surface area contributed by atoms with E-state index >= 15 is 0 Å². The first-order valence-corrected chi connectivity index (χ1v) is 6.71. The number of aliphatic carboxylic acids is 3. The van der Waals surface area contributed by atoms with Gasteiger partial charge in [-0.1, -0.05) is 18.2 Å². The summed E-state index contributed by atoms with van der Waals surface area (Å²) in [6.45, 7) is 0. The van der Waals surface area contributed by atoms with Crippen molar-refractivity contribution in [2.24, 2.45) is 0 Å². The van der Waals surface area contributed by atoms with Crippen LogP contribution >= 0.6 is 0 Å². The summed E-state index contributed by atoms with van der Waals surface area (Å²) in [7, 11) is 0. The van der Waals surface area contributed by atoms with E-state index in [0.29, 0.717) is 0 Å². The summed E-state index contributed by atoms with van der Waals surface area (Å²) in [5.74, 6) is -5.14. The van der Waals surface area contributed by atoms with Gasteiger partial charge in [0.2, 0.25) is 0 Å². The monoisotopic (exact) mass is 342 g/mol. The van der Waals surface area contributed by atoms with E-state index in [1.165, 1.54) is 12.1 Å². The molecule has 0 fully saturated rings. The molecule has 9 nitrogen and oxygen atoms in total. The van der Waals surface area contributed by atoms with Gasteiger partial charge in [0.1, 0.15) is 11.9 Å². The second-order valence-corrected chi connectivity index (χ2v) is 4.73. The van der Waals surface area contributed by atoms with Crippen LogP contribution in [0.5, 0.6) is 0 Å². The van der Waals surface area contributed by atoms with Crippen LogP contribution in [-0.2, 0) is 14.4 Å². The van der Waals surface area contributed by atoms with Gasteiger partial charge in [-0.3, -0.25) is 4.79 Å². The van der Waals surface area contributed by atoms with Crippen molar-refractivity contribution < 1.29 is 38.9 Å². The van der Waals surface area contributed by atoms with Gasteiger partial charge in [0.25, 0.3) is 0 Å². The summed E-state index contributed by atoms with van der Waals surface area (Å²) in [4.78, 5) is 44.4. The lowest BCUT2D eigenvalue weighted by molar-refractivity contribution is -0.140. The number of hydrogen-bond donors (Lipinski definition) is 5. The van der Waals surface area contributed by atoms with E-state index in [1.54, 1.807) is 0 Å². The Morgan fingerprint density at radius 1 is 1.00 bits per heavy atom. The molecule has 0 radical (unpaired) electrons. The predicted molar refractivity (Wildman–Crippen MR) is 76.7 cm³/mol. The van der Waals surface area contributed by atoms with Crippen molar-refractivity contribution in [3.63, 3.8) is 0 Å². The second-order valence-electron chi connectivity index (χ2n) is 4.73. The van der Waals surface area contributed by atoms with Gasteiger partial charge in [-0.2, -0.15) is 0 Å². The van der Waals surface area contributed by atoms with E-state index in [2.05, 4.69) is 0 Å². The van der Waals surface area contributed by atoms with Gasteiger partial charge in [0.15, 0.2) is 6.04 Å². The van der Waals surface area contributed by atoms with Crippen LogP contribution < -0.4 is 10.6 Å². The molecule has 1 rings (SSSR count). The molecular weight excluding hydrogens is 327 g/mol. The molecule has 0 aliphatic carbocycles. The summed E-state index contributed by atoms with van der Waals surface area (Å²) < 4.78 is 13.7. The number of halogens is 1. The molecule has 0 spiro atoms. The fourth-order valence-electron chi connectivity index (χ4n) is 1.84. The van der Waals surface area contributed by atoms with Crippen molar-refractivity contribution in [2.75, 3.05) is 0 Å². The Bertz CT molecular complexity index is 650. The van der Waals surface area contributed by atoms with Crippen molar-refractivity contribution >= 4 is 23.9 Å². The van der Waals surface area contributed by atoms with E-state index in [0.717, 1.165) is 12.1 Å². The van der Waals surface area contributed by atoms with Crippen molar-refractivity contribution in [3.05, 3.63) is 35.6 Å². The molecule has 2 amide bonds. The van der Waals surface area contributed by atoms with E-state index in [-0.39, 0.29) is 5.56 Å². The third kappa shape index (κ3) is 5.55. The van der Waals surface area contributed by atoms with E-state index < -0.39 is 54.7 Å². The largest absolute Gasteiger partial charge is 0.481 e. The Kier molecular flexibility index (Phi) is 6.65. The standard InChI is InChI=1S/C14H15FN2O7/c15-8-4-2-1-3-7(8)11(13(22)23)17-14(24)16-9(12(20)21)5-6-10(18)19/h1-4,9,11H,5-6H2,(H,18,19)(H,20,21)(H,22,23)(H2,16,17,24)/t9-,11-/m0/s1. The molecular formula is C14H15FN2O7. The molecule has 0 saturated carbocycles. The van der Waals surface area contributed by atoms with Crippen LogP contribution in [0.25, 0.3) is 0 Å². The van der Waals surface area contributed by atoms with Crippen molar-refractivity contribution in [1.82, 2.24) is 10.6 Å². The first-order valence-electron chi connectivity index (χ1n) is 6.71. The lowest BCUT2D eigenvalue weighted by Crippen LogP contribution is -2.48. The molecule has 5 N–H and O–H groups in total. The second kappa shape index (κ2) is 8.46. The summed E-state index contributed by atoms with van der Waals surface area (Å²) in [5, 5.41) is 30.5. The summed E-state index contributed by atoms with van der Waals surface area (Å²) in [6.07, 6.45) is -0.900. The van der Waals surface area contributed by atoms with Crippen LogP contribution in [0.2, 0.25) is 0 Å². The number of carboxylic acid groups (broad SMARTS) is 3. The first-order chi connectivity index (χ1) is 11.2. The first kappa shape index (κ1) is 18.9. The third-order valence-electron chi connectivity index (χ3n) is 2.99. The highest BCUT2D eigenvalue weighted by molar-refractivity contribution is 5.87. The number of rotatable bonds is 8. The molecule has 130 valence electrons. The minimum Gasteiger partial charge on any atom is -0.481 e. The quantitative estimate of drug-likeness (QED) is 0.463. The topological polar surface area (TPSA) is 153 Å². The lowest BCUT2D eigenvalue weighted by atomic mass is 10.1. The zero-order chi connectivity index (χ0) is 18.3. The predicted octanol–water partition coefficient (Wildman–Crippen LogP) is 0.569. The molecule has 0 bridgehead atoms. The van der Waals surface area contributed by atoms with Crippen LogP contribution in [0.3, 0.4) is 0 Å². The van der Waals surface area contributed by atoms with Crippen LogP contribution in [-0.4, -0.2) is 45.3 Å². The number of urea groups is 1. The van der Waals surface area contributed by atoms with Gasteiger partial charge in [-0.25, -0.2) is 18.8 Å². The van der Waals surface area contributed by atoms with Gasteiger partial charge in [0, 0.05) is 12.0 Å². The summed E-state index contributed by atoms with van der Waals surface area (Å²) in [6, 6.07) is 0.441. The zero-order valence-electron chi connectivity index (χ0n) is 12.2. The van der Waals surface area contributed by atoms with Gasteiger partial charge in [0.05, 0.1) is 0 Å². The highest BCUT2D eigenvalue weighted by Gasteiger charge is 2.27. The number of benzene rings is 1. The molecule has 1 aromatic rings. The minimum atomic E-state index is -1.74. The molecule has 24 heavy (non-hydrogen) atoms. The van der Waals surface area contributed by atoms with Crippen LogP contribution in [0.4, 0.5) is 9.18 Å². The molecule has 0 aliphatic heterocycles. The number of hydrogen-bond acceptors (Lipinski definition) is 4. The molecule has 0 unspecified atom stereocenters. The highest BCUT2D eigenvalue weighted by Crippen LogP contribution is 2.17. The Balaban J connectivity index is 2.81. The molecule has 0 heterocycles. The van der Waals surface area contributed by atoms with Crippen LogP contribution in [0.1, 0.15) is 24.4 Å². The Morgan fingerprint density at radius 3 is 2.12 bits per heavy atom. The van der Waals surface area contributed by atoms with Gasteiger partial charge >= 0.3 is 23.9 Å². The average molecular weight is 342 g/mol. The Morgan fingerprint density at radius 2 is 1.62 bits per heavy atom. The van der Waals surface area contributed by atoms with Gasteiger partial charge in [-0.15, -0.1) is 0 Å². The molecule has 1 aromatic carbocycles. The number of nitrogens with one attached hydrogen (secondary N) is 2.